The monoisotopic (exact) mass is 464 g/mol. The Kier molecular flexibility index (Phi) is 9.31. The maximum Gasteiger partial charge on any atom is 0.407 e. The Bertz CT molecular complexity index is 942. The molecule has 0 aromatic heterocycles. The van der Waals surface area contributed by atoms with Gasteiger partial charge in [0.2, 0.25) is 0 Å². The van der Waals surface area contributed by atoms with Gasteiger partial charge in [0.1, 0.15) is 17.2 Å². The molecule has 9 heteroatoms. The van der Waals surface area contributed by atoms with Crippen molar-refractivity contribution >= 4 is 12.1 Å². The Morgan fingerprint density at radius 1 is 1.06 bits per heavy atom. The molecule has 0 aliphatic rings. The molecule has 3 N–H and O–H groups in total. The van der Waals surface area contributed by atoms with Gasteiger partial charge in [-0.1, -0.05) is 12.1 Å². The second-order valence-corrected chi connectivity index (χ2v) is 8.62. The summed E-state index contributed by atoms with van der Waals surface area (Å²) in [5, 5.41) is 16.4. The number of esters is 1. The van der Waals surface area contributed by atoms with E-state index in [1.807, 2.05) is 0 Å². The standard InChI is InChI=1S/C24H30F2N2O5/c1-24(2,3)33-23(31)28-20(11-16-9-18(25)12-19(26)10-16)21(29)14-27-13-15-6-5-7-17(8-15)22(30)32-4/h5-10,12,20-21,27,29H,11,13-14H2,1-4H3,(H,28,31). The Morgan fingerprint density at radius 3 is 2.33 bits per heavy atom. The molecule has 0 spiro atoms. The van der Waals surface area contributed by atoms with Crippen molar-refractivity contribution < 1.29 is 33.0 Å². The molecule has 2 aromatic rings. The van der Waals surface area contributed by atoms with Gasteiger partial charge in [0, 0.05) is 19.2 Å². The van der Waals surface area contributed by atoms with Crippen molar-refractivity contribution in [3.8, 4) is 0 Å². The van der Waals surface area contributed by atoms with E-state index in [1.165, 1.54) is 7.11 Å². The Labute approximate surface area is 192 Å². The topological polar surface area (TPSA) is 96.9 Å². The van der Waals surface area contributed by atoms with Crippen molar-refractivity contribution in [2.45, 2.75) is 51.5 Å². The largest absolute Gasteiger partial charge is 0.465 e. The maximum absolute atomic E-state index is 13.6. The summed E-state index contributed by atoms with van der Waals surface area (Å²) in [6, 6.07) is 8.97. The first-order valence-corrected chi connectivity index (χ1v) is 10.5. The zero-order chi connectivity index (χ0) is 24.6. The molecular formula is C24H30F2N2O5. The second-order valence-electron chi connectivity index (χ2n) is 8.62. The van der Waals surface area contributed by atoms with Gasteiger partial charge in [-0.3, -0.25) is 0 Å². The van der Waals surface area contributed by atoms with Gasteiger partial charge in [-0.15, -0.1) is 0 Å². The van der Waals surface area contributed by atoms with Crippen LogP contribution in [0.15, 0.2) is 42.5 Å². The molecule has 180 valence electrons. The molecule has 33 heavy (non-hydrogen) atoms. The molecule has 0 aliphatic carbocycles. The predicted octanol–water partition coefficient (Wildman–Crippen LogP) is 3.34. The minimum atomic E-state index is -1.10. The number of amides is 1. The van der Waals surface area contributed by atoms with Crippen LogP contribution in [0.3, 0.4) is 0 Å². The number of alkyl carbamates (subject to hydrolysis) is 1. The van der Waals surface area contributed by atoms with E-state index in [0.29, 0.717) is 12.1 Å². The Balaban J connectivity index is 2.06. The minimum absolute atomic E-state index is 0.0193. The fourth-order valence-corrected chi connectivity index (χ4v) is 3.16. The van der Waals surface area contributed by atoms with Crippen LogP contribution in [0.1, 0.15) is 42.3 Å². The first-order valence-electron chi connectivity index (χ1n) is 10.5. The van der Waals surface area contributed by atoms with E-state index in [0.717, 1.165) is 23.8 Å². The van der Waals surface area contributed by atoms with Crippen LogP contribution in [0.5, 0.6) is 0 Å². The number of rotatable bonds is 9. The van der Waals surface area contributed by atoms with Gasteiger partial charge in [-0.25, -0.2) is 18.4 Å². The van der Waals surface area contributed by atoms with Crippen LogP contribution in [0.25, 0.3) is 0 Å². The average molecular weight is 465 g/mol. The fourth-order valence-electron chi connectivity index (χ4n) is 3.16. The van der Waals surface area contributed by atoms with E-state index in [1.54, 1.807) is 45.0 Å². The molecule has 0 saturated carbocycles. The summed E-state index contributed by atoms with van der Waals surface area (Å²) in [6.45, 7) is 5.48. The molecule has 0 radical (unpaired) electrons. The summed E-state index contributed by atoms with van der Waals surface area (Å²) in [6.07, 6.45) is -1.88. The molecule has 0 heterocycles. The highest BCUT2D eigenvalue weighted by Crippen LogP contribution is 2.14. The maximum atomic E-state index is 13.6. The van der Waals surface area contributed by atoms with Crippen molar-refractivity contribution in [2.24, 2.45) is 0 Å². The molecule has 0 bridgehead atoms. The number of carbonyl (C=O) groups is 2. The van der Waals surface area contributed by atoms with Crippen LogP contribution < -0.4 is 10.6 Å². The quantitative estimate of drug-likeness (QED) is 0.493. The molecule has 2 unspecified atom stereocenters. The molecule has 2 aromatic carbocycles. The third-order valence-electron chi connectivity index (χ3n) is 4.58. The van der Waals surface area contributed by atoms with Gasteiger partial charge in [-0.2, -0.15) is 0 Å². The number of aliphatic hydroxyl groups is 1. The van der Waals surface area contributed by atoms with E-state index in [9.17, 15) is 23.5 Å². The smallest absolute Gasteiger partial charge is 0.407 e. The van der Waals surface area contributed by atoms with Gasteiger partial charge in [0.15, 0.2) is 0 Å². The van der Waals surface area contributed by atoms with Crippen molar-refractivity contribution in [3.63, 3.8) is 0 Å². The molecule has 0 aliphatic heterocycles. The highest BCUT2D eigenvalue weighted by Gasteiger charge is 2.25. The highest BCUT2D eigenvalue weighted by atomic mass is 19.1. The van der Waals surface area contributed by atoms with Gasteiger partial charge < -0.3 is 25.2 Å². The highest BCUT2D eigenvalue weighted by molar-refractivity contribution is 5.89. The van der Waals surface area contributed by atoms with Crippen LogP contribution in [0.4, 0.5) is 13.6 Å². The lowest BCUT2D eigenvalue weighted by molar-refractivity contribution is 0.0422. The molecule has 2 rings (SSSR count). The summed E-state index contributed by atoms with van der Waals surface area (Å²) in [5.74, 6) is -1.96. The molecule has 7 nitrogen and oxygen atoms in total. The predicted molar refractivity (Wildman–Crippen MR) is 119 cm³/mol. The number of methoxy groups -OCH3 is 1. The third-order valence-corrected chi connectivity index (χ3v) is 4.58. The summed E-state index contributed by atoms with van der Waals surface area (Å²) in [7, 11) is 1.30. The van der Waals surface area contributed by atoms with Gasteiger partial charge in [-0.05, 0) is 62.6 Å². The number of hydrogen-bond acceptors (Lipinski definition) is 6. The number of halogens is 2. The number of carbonyl (C=O) groups excluding carboxylic acids is 2. The zero-order valence-corrected chi connectivity index (χ0v) is 19.2. The van der Waals surface area contributed by atoms with Crippen LogP contribution in [-0.4, -0.2) is 48.6 Å². The van der Waals surface area contributed by atoms with E-state index < -0.39 is 41.4 Å². The Hall–Kier alpha value is -3.04. The van der Waals surface area contributed by atoms with Crippen molar-refractivity contribution in [1.29, 1.82) is 0 Å². The number of ether oxygens (including phenoxy) is 2. The molecule has 1 amide bonds. The van der Waals surface area contributed by atoms with Crippen molar-refractivity contribution in [2.75, 3.05) is 13.7 Å². The summed E-state index contributed by atoms with van der Waals surface area (Å²) in [4.78, 5) is 23.9. The van der Waals surface area contributed by atoms with E-state index in [2.05, 4.69) is 10.6 Å². The lowest BCUT2D eigenvalue weighted by Gasteiger charge is -2.27. The second kappa shape index (κ2) is 11.7. The van der Waals surface area contributed by atoms with Crippen LogP contribution in [0, 0.1) is 11.6 Å². The minimum Gasteiger partial charge on any atom is -0.465 e. The van der Waals surface area contributed by atoms with Crippen LogP contribution in [0.2, 0.25) is 0 Å². The summed E-state index contributed by atoms with van der Waals surface area (Å²) in [5.41, 5.74) is 0.704. The van der Waals surface area contributed by atoms with Crippen molar-refractivity contribution in [1.82, 2.24) is 10.6 Å². The SMILES string of the molecule is COC(=O)c1cccc(CNCC(O)C(Cc2cc(F)cc(F)c2)NC(=O)OC(C)(C)C)c1. The summed E-state index contributed by atoms with van der Waals surface area (Å²) >= 11 is 0. The molecule has 0 saturated heterocycles. The van der Waals surface area contributed by atoms with E-state index in [4.69, 9.17) is 9.47 Å². The number of benzene rings is 2. The van der Waals surface area contributed by atoms with Gasteiger partial charge in [0.25, 0.3) is 0 Å². The van der Waals surface area contributed by atoms with Gasteiger partial charge in [0.05, 0.1) is 24.8 Å². The Morgan fingerprint density at radius 2 is 1.73 bits per heavy atom. The summed E-state index contributed by atoms with van der Waals surface area (Å²) < 4.78 is 37.2. The molecule has 0 fully saturated rings. The zero-order valence-electron chi connectivity index (χ0n) is 19.2. The first kappa shape index (κ1) is 26.2. The fraction of sp³-hybridized carbons (Fsp3) is 0.417. The van der Waals surface area contributed by atoms with E-state index >= 15 is 0 Å². The van der Waals surface area contributed by atoms with Crippen molar-refractivity contribution in [3.05, 3.63) is 70.8 Å². The lowest BCUT2D eigenvalue weighted by Crippen LogP contribution is -2.49. The normalized spacial score (nSPS) is 13.2. The number of aliphatic hydroxyl groups excluding tert-OH is 1. The number of hydrogen-bond donors (Lipinski definition) is 3. The van der Waals surface area contributed by atoms with Gasteiger partial charge >= 0.3 is 12.1 Å². The van der Waals surface area contributed by atoms with Crippen LogP contribution >= 0.6 is 0 Å². The average Bonchev–Trinajstić information content (AvgIpc) is 2.70. The first-order chi connectivity index (χ1) is 15.5. The lowest BCUT2D eigenvalue weighted by atomic mass is 10.0. The van der Waals surface area contributed by atoms with E-state index in [-0.39, 0.29) is 18.5 Å². The third kappa shape index (κ3) is 9.15. The van der Waals surface area contributed by atoms with Crippen LogP contribution in [-0.2, 0) is 22.4 Å². The molecule has 2 atom stereocenters. The molecular weight excluding hydrogens is 434 g/mol. The number of nitrogens with one attached hydrogen (secondary N) is 2.